The van der Waals surface area contributed by atoms with Crippen LogP contribution in [0, 0.1) is 0 Å². The maximum atomic E-state index is 6.25. The van der Waals surface area contributed by atoms with Crippen molar-refractivity contribution in [3.05, 3.63) is 431 Å². The summed E-state index contributed by atoms with van der Waals surface area (Å²) in [5.74, 6) is 5.80. The van der Waals surface area contributed by atoms with E-state index in [1.807, 2.05) is 103 Å². The van der Waals surface area contributed by atoms with Gasteiger partial charge in [0.2, 0.25) is 0 Å². The van der Waals surface area contributed by atoms with Crippen molar-refractivity contribution in [2.75, 3.05) is 0 Å². The summed E-state index contributed by atoms with van der Waals surface area (Å²) in [6.07, 6.45) is 0. The molecule has 0 saturated carbocycles. The molecule has 133 heavy (non-hydrogen) atoms. The first-order valence-corrected chi connectivity index (χ1v) is 45.3. The van der Waals surface area contributed by atoms with Crippen LogP contribution in [0.3, 0.4) is 0 Å². The minimum atomic E-state index is 0.601. The Labute approximate surface area is 764 Å². The lowest BCUT2D eigenvalue weighted by Gasteiger charge is -2.12. The highest BCUT2D eigenvalue weighted by atomic mass is 32.1. The van der Waals surface area contributed by atoms with Crippen LogP contribution in [0.5, 0.6) is 0 Å². The normalized spacial score (nSPS) is 11.8. The second kappa shape index (κ2) is 31.6. The maximum absolute atomic E-state index is 6.25. The second-order valence-corrected chi connectivity index (χ2v) is 34.7. The SMILES string of the molecule is c1ccc(-c2nc(-c3ccc4oc5ccccc5c4c3)nc(-c3cccc4c3ccc3c5ccccc5ccc43)n2)cc1.c1ccc(-c2nc(-c3cccc4c3ccc3c5ccccc5ccc43)nc(-c3cccc4c3sc3ccccc34)n2)cc1.c1ccc2cc(-c3nc(-c4ccc5c(c4)oc4ccccc45)nc(-c4cccc5c4ccc4c6ccccc6ccc54)n3)ccc2c1. The zero-order valence-electron chi connectivity index (χ0n) is 71.2. The van der Waals surface area contributed by atoms with Crippen LogP contribution in [0.1, 0.15) is 0 Å². The fourth-order valence-electron chi connectivity index (χ4n) is 19.6. The zero-order valence-corrected chi connectivity index (χ0v) is 72.1. The molecule has 6 aromatic heterocycles. The Bertz CT molecular complexity index is 9640. The van der Waals surface area contributed by atoms with Gasteiger partial charge in [0.15, 0.2) is 52.4 Å². The van der Waals surface area contributed by atoms with Crippen molar-refractivity contribution in [2.45, 2.75) is 0 Å². The molecule has 0 spiro atoms. The molecule has 0 N–H and O–H groups in total. The third-order valence-corrected chi connectivity index (χ3v) is 27.2. The topological polar surface area (TPSA) is 142 Å². The summed E-state index contributed by atoms with van der Waals surface area (Å²) in [6.45, 7) is 0. The Kier molecular flexibility index (Phi) is 18.2. The highest BCUT2D eigenvalue weighted by Gasteiger charge is 2.24. The highest BCUT2D eigenvalue weighted by Crippen LogP contribution is 2.45. The number of thiophene rings is 1. The fraction of sp³-hybridized carbons (Fsp3) is 0. The summed E-state index contributed by atoms with van der Waals surface area (Å²) in [4.78, 5) is 45.8. The zero-order chi connectivity index (χ0) is 87.6. The average molecular weight is 1720 g/mol. The third-order valence-electron chi connectivity index (χ3n) is 26.0. The molecular formula is C121H71N9O2S. The summed E-state index contributed by atoms with van der Waals surface area (Å²) in [5.41, 5.74) is 12.0. The molecule has 22 aromatic carbocycles. The van der Waals surface area contributed by atoms with Crippen LogP contribution in [0.25, 0.3) is 274 Å². The van der Waals surface area contributed by atoms with Crippen LogP contribution < -0.4 is 0 Å². The van der Waals surface area contributed by atoms with Gasteiger partial charge in [0.1, 0.15) is 22.3 Å². The molecule has 12 heteroatoms. The highest BCUT2D eigenvalue weighted by molar-refractivity contribution is 7.26. The maximum Gasteiger partial charge on any atom is 0.165 e. The van der Waals surface area contributed by atoms with E-state index in [-0.39, 0.29) is 0 Å². The molecule has 0 aliphatic heterocycles. The lowest BCUT2D eigenvalue weighted by Crippen LogP contribution is -2.00. The molecule has 0 saturated heterocycles. The predicted octanol–water partition coefficient (Wildman–Crippen LogP) is 32.3. The van der Waals surface area contributed by atoms with Gasteiger partial charge in [0, 0.05) is 91.8 Å². The Hall–Kier alpha value is -17.7. The largest absolute Gasteiger partial charge is 0.456 e. The van der Waals surface area contributed by atoms with Crippen molar-refractivity contribution >= 4 is 183 Å². The Balaban J connectivity index is 0.000000104. The third kappa shape index (κ3) is 13.4. The van der Waals surface area contributed by atoms with Crippen molar-refractivity contribution < 1.29 is 8.83 Å². The van der Waals surface area contributed by atoms with Crippen molar-refractivity contribution in [1.82, 2.24) is 44.9 Å². The molecule has 28 aromatic rings. The van der Waals surface area contributed by atoms with Gasteiger partial charge in [-0.1, -0.05) is 370 Å². The molecule has 0 fully saturated rings. The molecule has 11 nitrogen and oxygen atoms in total. The van der Waals surface area contributed by atoms with Crippen molar-refractivity contribution in [2.24, 2.45) is 0 Å². The number of benzene rings is 22. The van der Waals surface area contributed by atoms with Crippen molar-refractivity contribution in [1.29, 1.82) is 0 Å². The van der Waals surface area contributed by atoms with Gasteiger partial charge in [-0.2, -0.15) is 0 Å². The summed E-state index contributed by atoms with van der Waals surface area (Å²) in [7, 11) is 0. The Morgan fingerprint density at radius 1 is 0.143 bits per heavy atom. The van der Waals surface area contributed by atoms with E-state index in [9.17, 15) is 0 Å². The van der Waals surface area contributed by atoms with E-state index in [0.717, 1.165) is 115 Å². The Morgan fingerprint density at radius 2 is 0.436 bits per heavy atom. The molecule has 618 valence electrons. The molecule has 6 heterocycles. The van der Waals surface area contributed by atoms with Gasteiger partial charge in [0.05, 0.1) is 0 Å². The molecule has 0 amide bonds. The molecule has 0 aliphatic carbocycles. The minimum Gasteiger partial charge on any atom is -0.456 e. The monoisotopic (exact) mass is 1710 g/mol. The first-order valence-electron chi connectivity index (χ1n) is 44.5. The van der Waals surface area contributed by atoms with Crippen LogP contribution in [-0.2, 0) is 0 Å². The van der Waals surface area contributed by atoms with Crippen LogP contribution in [0.15, 0.2) is 440 Å². The summed E-state index contributed by atoms with van der Waals surface area (Å²) in [6, 6.07) is 150. The van der Waals surface area contributed by atoms with Gasteiger partial charge in [-0.3, -0.25) is 0 Å². The second-order valence-electron chi connectivity index (χ2n) is 33.7. The summed E-state index contributed by atoms with van der Waals surface area (Å²) in [5, 5.41) is 30.8. The predicted molar refractivity (Wildman–Crippen MR) is 551 cm³/mol. The molecule has 0 bridgehead atoms. The van der Waals surface area contributed by atoms with E-state index in [0.29, 0.717) is 52.4 Å². The lowest BCUT2D eigenvalue weighted by atomic mass is 9.95. The Morgan fingerprint density at radius 3 is 0.947 bits per heavy atom. The van der Waals surface area contributed by atoms with Gasteiger partial charge in [-0.15, -0.1) is 11.3 Å². The van der Waals surface area contributed by atoms with Gasteiger partial charge in [0.25, 0.3) is 0 Å². The first kappa shape index (κ1) is 76.5. The number of furan rings is 2. The molecule has 0 atom stereocenters. The number of hydrogen-bond donors (Lipinski definition) is 0. The minimum absolute atomic E-state index is 0.601. The van der Waals surface area contributed by atoms with Crippen LogP contribution in [0.4, 0.5) is 0 Å². The van der Waals surface area contributed by atoms with Gasteiger partial charge in [-0.25, -0.2) is 44.9 Å². The number of hydrogen-bond acceptors (Lipinski definition) is 12. The number of para-hydroxylation sites is 2. The molecule has 0 unspecified atom stereocenters. The molecule has 0 aliphatic rings. The van der Waals surface area contributed by atoms with Crippen LogP contribution >= 0.6 is 11.3 Å². The average Bonchev–Trinajstić information content (AvgIpc) is 1.47. The molecule has 28 rings (SSSR count). The van der Waals surface area contributed by atoms with Gasteiger partial charge in [-0.05, 0) is 168 Å². The van der Waals surface area contributed by atoms with E-state index in [2.05, 4.69) is 328 Å². The lowest BCUT2D eigenvalue weighted by molar-refractivity contribution is 0.668. The van der Waals surface area contributed by atoms with Crippen molar-refractivity contribution in [3.8, 4) is 102 Å². The number of fused-ring (bicyclic) bond motifs is 25. The smallest absolute Gasteiger partial charge is 0.165 e. The van der Waals surface area contributed by atoms with E-state index < -0.39 is 0 Å². The summed E-state index contributed by atoms with van der Waals surface area (Å²) < 4.78 is 14.8. The van der Waals surface area contributed by atoms with Gasteiger partial charge >= 0.3 is 0 Å². The molecule has 0 radical (unpaired) electrons. The van der Waals surface area contributed by atoms with Crippen LogP contribution in [-0.4, -0.2) is 44.9 Å². The summed E-state index contributed by atoms with van der Waals surface area (Å²) >= 11 is 1.79. The van der Waals surface area contributed by atoms with E-state index in [1.54, 1.807) is 11.3 Å². The molecular weight excluding hydrogens is 1640 g/mol. The number of nitrogens with zero attached hydrogens (tertiary/aromatic N) is 9. The quantitative estimate of drug-likeness (QED) is 0.127. The number of aromatic nitrogens is 9. The van der Waals surface area contributed by atoms with E-state index in [4.69, 9.17) is 53.7 Å². The number of rotatable bonds is 9. The standard InChI is InChI=1S/C43H25N3O.C39H23N3O.C39H23N3S/c1-2-10-28-24-29(17-16-26(28)8-1)41-44-42(30-19-21-37-36-12-5-6-15-39(36)47-40(37)25-30)46-43(45-41)38-14-7-13-32-34-20-18-27-9-3-4-11-31(27)33(34)22-23-35(32)38;1-2-10-25(11-3-1)37-40-38(26-18-22-36-34(23-26)32-13-6-7-16-35(32)43-36)42-39(41-37)33-15-8-14-28-30-19-17-24-9-4-5-12-27(24)29(30)20-21-31(28)33;1-2-11-25(12-3-1)37-40-38(42-39(41-37)34-18-9-16-32-31-14-6-7-19-35(31)43-36(32)34)33-17-8-15-27-29-21-20-24-10-4-5-13-26(24)28(29)22-23-30(27)33/h1-25H;2*1-23H. The van der Waals surface area contributed by atoms with Gasteiger partial charge < -0.3 is 8.83 Å². The van der Waals surface area contributed by atoms with Crippen LogP contribution in [0.2, 0.25) is 0 Å². The first-order chi connectivity index (χ1) is 65.9. The van der Waals surface area contributed by atoms with E-state index in [1.165, 1.54) is 106 Å². The van der Waals surface area contributed by atoms with E-state index >= 15 is 0 Å². The van der Waals surface area contributed by atoms with Crippen molar-refractivity contribution in [3.63, 3.8) is 0 Å². The fourth-order valence-corrected chi connectivity index (χ4v) is 20.8.